The number of amides is 1. The zero-order valence-electron chi connectivity index (χ0n) is 13.1. The number of carbonyl (C=O) groups excluding carboxylic acids is 1. The number of rotatable bonds is 4. The standard InChI is InChI=1S/C17H12F4N4O/c18-11-6-4-10(5-7-11)13-9-14(25-24-13)16(26)23-15(17(19,20)21)12-3-1-2-8-22-12/h1-9,15H,(H,23,26)(H,24,25). The maximum absolute atomic E-state index is 13.3. The minimum atomic E-state index is -4.72. The summed E-state index contributed by atoms with van der Waals surface area (Å²) in [6.45, 7) is 0. The van der Waals surface area contributed by atoms with Gasteiger partial charge in [-0.1, -0.05) is 6.07 Å². The summed E-state index contributed by atoms with van der Waals surface area (Å²) in [5.74, 6) is -1.43. The second-order valence-electron chi connectivity index (χ2n) is 5.38. The molecule has 3 rings (SSSR count). The van der Waals surface area contributed by atoms with Gasteiger partial charge in [-0.05, 0) is 42.5 Å². The number of alkyl halides is 3. The third kappa shape index (κ3) is 3.88. The Morgan fingerprint density at radius 3 is 2.46 bits per heavy atom. The molecule has 9 heteroatoms. The second-order valence-corrected chi connectivity index (χ2v) is 5.38. The first-order valence-electron chi connectivity index (χ1n) is 7.44. The van der Waals surface area contributed by atoms with Crippen molar-refractivity contribution in [2.75, 3.05) is 0 Å². The number of H-pyrrole nitrogens is 1. The maximum atomic E-state index is 13.3. The minimum Gasteiger partial charge on any atom is -0.334 e. The molecule has 0 radical (unpaired) electrons. The van der Waals surface area contributed by atoms with Crippen LogP contribution in [0.4, 0.5) is 17.6 Å². The smallest absolute Gasteiger partial charge is 0.334 e. The van der Waals surface area contributed by atoms with Crippen LogP contribution in [0.3, 0.4) is 0 Å². The molecule has 1 aromatic carbocycles. The first-order valence-corrected chi connectivity index (χ1v) is 7.44. The van der Waals surface area contributed by atoms with Crippen molar-refractivity contribution in [3.05, 3.63) is 71.9 Å². The van der Waals surface area contributed by atoms with Gasteiger partial charge in [-0.3, -0.25) is 14.9 Å². The van der Waals surface area contributed by atoms with Crippen LogP contribution in [0.1, 0.15) is 22.2 Å². The Hall–Kier alpha value is -3.23. The normalized spacial score (nSPS) is 12.6. The van der Waals surface area contributed by atoms with Crippen LogP contribution in [-0.2, 0) is 0 Å². The summed E-state index contributed by atoms with van der Waals surface area (Å²) in [5, 5.41) is 8.16. The molecule has 0 saturated heterocycles. The molecule has 2 heterocycles. The fourth-order valence-electron chi connectivity index (χ4n) is 2.29. The van der Waals surface area contributed by atoms with Crippen LogP contribution in [0.15, 0.2) is 54.7 Å². The van der Waals surface area contributed by atoms with Gasteiger partial charge in [0, 0.05) is 11.8 Å². The fraction of sp³-hybridized carbons (Fsp3) is 0.118. The molecule has 3 aromatic rings. The van der Waals surface area contributed by atoms with Gasteiger partial charge >= 0.3 is 6.18 Å². The van der Waals surface area contributed by atoms with Gasteiger partial charge in [0.2, 0.25) is 0 Å². The Balaban J connectivity index is 1.81. The Morgan fingerprint density at radius 1 is 1.12 bits per heavy atom. The summed E-state index contributed by atoms with van der Waals surface area (Å²) >= 11 is 0. The number of pyridine rings is 1. The molecule has 0 aliphatic rings. The third-order valence-electron chi connectivity index (χ3n) is 3.55. The summed E-state index contributed by atoms with van der Waals surface area (Å²) < 4.78 is 52.8. The van der Waals surface area contributed by atoms with E-state index in [-0.39, 0.29) is 11.4 Å². The van der Waals surface area contributed by atoms with E-state index in [2.05, 4.69) is 15.2 Å². The van der Waals surface area contributed by atoms with Crippen LogP contribution in [0.2, 0.25) is 0 Å². The molecule has 1 unspecified atom stereocenters. The Morgan fingerprint density at radius 2 is 1.85 bits per heavy atom. The van der Waals surface area contributed by atoms with Crippen LogP contribution < -0.4 is 5.32 Å². The molecule has 0 saturated carbocycles. The SMILES string of the molecule is O=C(NC(c1ccccn1)C(F)(F)F)c1cc(-c2ccc(F)cc2)n[nH]1. The highest BCUT2D eigenvalue weighted by atomic mass is 19.4. The predicted molar refractivity (Wildman–Crippen MR) is 84.5 cm³/mol. The largest absolute Gasteiger partial charge is 0.414 e. The molecule has 1 amide bonds. The molecule has 1 atom stereocenters. The average molecular weight is 364 g/mol. The number of aromatic nitrogens is 3. The van der Waals surface area contributed by atoms with E-state index in [0.717, 1.165) is 0 Å². The highest BCUT2D eigenvalue weighted by molar-refractivity contribution is 5.93. The average Bonchev–Trinajstić information content (AvgIpc) is 3.10. The van der Waals surface area contributed by atoms with Crippen molar-refractivity contribution in [3.8, 4) is 11.3 Å². The lowest BCUT2D eigenvalue weighted by atomic mass is 10.1. The monoisotopic (exact) mass is 364 g/mol. The summed E-state index contributed by atoms with van der Waals surface area (Å²) in [4.78, 5) is 15.9. The number of carbonyl (C=O) groups is 1. The molecule has 0 aliphatic heterocycles. The van der Waals surface area contributed by atoms with Crippen molar-refractivity contribution in [2.24, 2.45) is 0 Å². The van der Waals surface area contributed by atoms with E-state index in [4.69, 9.17) is 0 Å². The number of benzene rings is 1. The Bertz CT molecular complexity index is 891. The minimum absolute atomic E-state index is 0.158. The van der Waals surface area contributed by atoms with Crippen LogP contribution in [-0.4, -0.2) is 27.3 Å². The quantitative estimate of drug-likeness (QED) is 0.695. The lowest BCUT2D eigenvalue weighted by molar-refractivity contribution is -0.156. The Labute approximate surface area is 145 Å². The zero-order valence-corrected chi connectivity index (χ0v) is 13.1. The van der Waals surface area contributed by atoms with Crippen molar-refractivity contribution in [1.29, 1.82) is 0 Å². The maximum Gasteiger partial charge on any atom is 0.414 e. The molecule has 5 nitrogen and oxygen atoms in total. The van der Waals surface area contributed by atoms with Gasteiger partial charge in [0.15, 0.2) is 6.04 Å². The highest BCUT2D eigenvalue weighted by Gasteiger charge is 2.43. The third-order valence-corrected chi connectivity index (χ3v) is 3.55. The number of aromatic amines is 1. The van der Waals surface area contributed by atoms with Crippen molar-refractivity contribution in [2.45, 2.75) is 12.2 Å². The summed E-state index contributed by atoms with van der Waals surface area (Å²) in [6, 6.07) is 8.39. The van der Waals surface area contributed by atoms with Crippen LogP contribution in [0.5, 0.6) is 0 Å². The van der Waals surface area contributed by atoms with Gasteiger partial charge < -0.3 is 5.32 Å². The van der Waals surface area contributed by atoms with Gasteiger partial charge in [-0.25, -0.2) is 4.39 Å². The topological polar surface area (TPSA) is 70.7 Å². The predicted octanol–water partition coefficient (Wildman–Crippen LogP) is 3.64. The van der Waals surface area contributed by atoms with Crippen LogP contribution >= 0.6 is 0 Å². The summed E-state index contributed by atoms with van der Waals surface area (Å²) in [5.41, 5.74) is 0.330. The first kappa shape index (κ1) is 17.6. The van der Waals surface area contributed by atoms with E-state index in [1.165, 1.54) is 54.7 Å². The van der Waals surface area contributed by atoms with E-state index >= 15 is 0 Å². The number of halogens is 4. The van der Waals surface area contributed by atoms with Crippen molar-refractivity contribution in [3.63, 3.8) is 0 Å². The first-order chi connectivity index (χ1) is 12.3. The van der Waals surface area contributed by atoms with E-state index in [0.29, 0.717) is 11.3 Å². The van der Waals surface area contributed by atoms with Gasteiger partial charge in [-0.15, -0.1) is 0 Å². The second kappa shape index (κ2) is 6.95. The van der Waals surface area contributed by atoms with E-state index in [1.54, 1.807) is 0 Å². The lowest BCUT2D eigenvalue weighted by Gasteiger charge is -2.20. The van der Waals surface area contributed by atoms with Crippen LogP contribution in [0, 0.1) is 5.82 Å². The number of hydrogen-bond acceptors (Lipinski definition) is 3. The van der Waals surface area contributed by atoms with Gasteiger partial charge in [-0.2, -0.15) is 18.3 Å². The van der Waals surface area contributed by atoms with Crippen molar-refractivity contribution in [1.82, 2.24) is 20.5 Å². The number of nitrogens with one attached hydrogen (secondary N) is 2. The molecule has 0 bridgehead atoms. The molecule has 26 heavy (non-hydrogen) atoms. The van der Waals surface area contributed by atoms with Crippen molar-refractivity contribution < 1.29 is 22.4 Å². The van der Waals surface area contributed by atoms with E-state index in [1.807, 2.05) is 5.32 Å². The molecule has 0 spiro atoms. The zero-order chi connectivity index (χ0) is 18.7. The summed E-state index contributed by atoms with van der Waals surface area (Å²) in [6.07, 6.45) is -3.51. The fourth-order valence-corrected chi connectivity index (χ4v) is 2.29. The molecular formula is C17H12F4N4O. The number of hydrogen-bond donors (Lipinski definition) is 2. The van der Waals surface area contributed by atoms with E-state index < -0.39 is 23.9 Å². The highest BCUT2D eigenvalue weighted by Crippen LogP contribution is 2.31. The van der Waals surface area contributed by atoms with Crippen LogP contribution in [0.25, 0.3) is 11.3 Å². The molecule has 2 N–H and O–H groups in total. The molecule has 0 fully saturated rings. The van der Waals surface area contributed by atoms with Gasteiger partial charge in [0.1, 0.15) is 11.5 Å². The van der Waals surface area contributed by atoms with E-state index in [9.17, 15) is 22.4 Å². The number of nitrogens with zero attached hydrogens (tertiary/aromatic N) is 2. The molecule has 134 valence electrons. The molecule has 0 aliphatic carbocycles. The summed E-state index contributed by atoms with van der Waals surface area (Å²) in [7, 11) is 0. The van der Waals surface area contributed by atoms with Crippen molar-refractivity contribution >= 4 is 5.91 Å². The lowest BCUT2D eigenvalue weighted by Crippen LogP contribution is -2.38. The van der Waals surface area contributed by atoms with Gasteiger partial charge in [0.25, 0.3) is 5.91 Å². The Kier molecular flexibility index (Phi) is 4.70. The van der Waals surface area contributed by atoms with Gasteiger partial charge in [0.05, 0.1) is 11.4 Å². The molecular weight excluding hydrogens is 352 g/mol. The molecule has 2 aromatic heterocycles.